The zero-order valence-corrected chi connectivity index (χ0v) is 7.27. The van der Waals surface area contributed by atoms with E-state index in [2.05, 4.69) is 9.79 Å². The van der Waals surface area contributed by atoms with Gasteiger partial charge < -0.3 is 9.94 Å². The fourth-order valence-corrected chi connectivity index (χ4v) is 1.28. The van der Waals surface area contributed by atoms with Crippen molar-refractivity contribution < 1.29 is 14.3 Å². The van der Waals surface area contributed by atoms with Crippen LogP contribution in [-0.2, 0) is 0 Å². The normalized spacial score (nSPS) is 10.6. The van der Waals surface area contributed by atoms with Crippen LogP contribution in [0.5, 0.6) is 5.75 Å². The Morgan fingerprint density at radius 3 is 3.00 bits per heavy atom. The maximum Gasteiger partial charge on any atom is 0.252 e. The average molecular weight is 180 g/mol. The molecule has 0 saturated heterocycles. The van der Waals surface area contributed by atoms with Crippen LogP contribution in [0.25, 0.3) is 11.0 Å². The summed E-state index contributed by atoms with van der Waals surface area (Å²) in [5.41, 5.74) is 1.73. The number of benzene rings is 1. The van der Waals surface area contributed by atoms with E-state index in [0.717, 1.165) is 5.56 Å². The molecule has 13 heavy (non-hydrogen) atoms. The molecule has 0 aliphatic heterocycles. The largest absolute Gasteiger partial charge is 0.497 e. The number of nitrogens with zero attached hydrogens (tertiary/aromatic N) is 2. The van der Waals surface area contributed by atoms with Gasteiger partial charge in [0, 0.05) is 16.8 Å². The summed E-state index contributed by atoms with van der Waals surface area (Å²) in [6.07, 6.45) is 0. The Morgan fingerprint density at radius 2 is 2.31 bits per heavy atom. The minimum absolute atomic E-state index is 0.393. The van der Waals surface area contributed by atoms with E-state index in [4.69, 9.17) is 4.74 Å². The van der Waals surface area contributed by atoms with Gasteiger partial charge in [-0.2, -0.15) is 0 Å². The van der Waals surface area contributed by atoms with Crippen LogP contribution in [0.1, 0.15) is 5.56 Å². The second kappa shape index (κ2) is 2.62. The summed E-state index contributed by atoms with van der Waals surface area (Å²) in [6.45, 7) is 1.80. The molecule has 0 radical (unpaired) electrons. The lowest BCUT2D eigenvalue weighted by molar-refractivity contribution is -0.782. The zero-order chi connectivity index (χ0) is 9.42. The minimum Gasteiger partial charge on any atom is -0.497 e. The summed E-state index contributed by atoms with van der Waals surface area (Å²) in [5, 5.41) is 14.6. The fourth-order valence-electron chi connectivity index (χ4n) is 1.28. The van der Waals surface area contributed by atoms with Crippen LogP contribution in [0.15, 0.2) is 16.8 Å². The maximum absolute atomic E-state index is 11.0. The quantitative estimate of drug-likeness (QED) is 0.608. The second-order valence-corrected chi connectivity index (χ2v) is 2.74. The highest BCUT2D eigenvalue weighted by Gasteiger charge is 2.13. The van der Waals surface area contributed by atoms with Crippen molar-refractivity contribution in [1.82, 2.24) is 5.16 Å². The molecule has 1 aromatic carbocycles. The molecule has 5 heteroatoms. The van der Waals surface area contributed by atoms with Gasteiger partial charge in [-0.05, 0) is 17.9 Å². The van der Waals surface area contributed by atoms with Crippen LogP contribution in [0.3, 0.4) is 0 Å². The Morgan fingerprint density at radius 1 is 1.54 bits per heavy atom. The Balaban J connectivity index is 2.79. The maximum atomic E-state index is 11.0. The molecule has 0 saturated carbocycles. The van der Waals surface area contributed by atoms with Crippen LogP contribution in [0.2, 0.25) is 0 Å². The number of fused-ring (bicyclic) bond motifs is 1. The number of hydrogen-bond acceptors (Lipinski definition) is 4. The number of hydrogen-bond donors (Lipinski definition) is 0. The minimum atomic E-state index is 0.393. The monoisotopic (exact) mass is 180 g/mol. The summed E-state index contributed by atoms with van der Waals surface area (Å²) in [6, 6.07) is 3.41. The smallest absolute Gasteiger partial charge is 0.252 e. The van der Waals surface area contributed by atoms with E-state index < -0.39 is 0 Å². The molecule has 0 unspecified atom stereocenters. The Kier molecular flexibility index (Phi) is 1.58. The first-order valence-corrected chi connectivity index (χ1v) is 3.76. The van der Waals surface area contributed by atoms with Gasteiger partial charge in [-0.15, -0.1) is 0 Å². The molecular formula is C8H8N2O3. The number of aromatic nitrogens is 2. The molecule has 0 amide bonds. The number of methoxy groups -OCH3 is 1. The van der Waals surface area contributed by atoms with E-state index in [1.807, 2.05) is 0 Å². The van der Waals surface area contributed by atoms with Gasteiger partial charge in [0.15, 0.2) is 0 Å². The van der Waals surface area contributed by atoms with Crippen molar-refractivity contribution in [2.75, 3.05) is 7.11 Å². The first-order chi connectivity index (χ1) is 6.22. The SMILES string of the molecule is COc1cc(C)c2c(c1)no[n+]2[O-]. The summed E-state index contributed by atoms with van der Waals surface area (Å²) in [4.78, 5) is 0.393. The average Bonchev–Trinajstić information content (AvgIpc) is 2.48. The third-order valence-corrected chi connectivity index (χ3v) is 1.89. The third-order valence-electron chi connectivity index (χ3n) is 1.89. The highest BCUT2D eigenvalue weighted by Crippen LogP contribution is 2.20. The van der Waals surface area contributed by atoms with E-state index in [0.29, 0.717) is 21.7 Å². The third kappa shape index (κ3) is 1.09. The zero-order valence-electron chi connectivity index (χ0n) is 7.27. The van der Waals surface area contributed by atoms with Gasteiger partial charge in [-0.1, -0.05) is 0 Å². The van der Waals surface area contributed by atoms with Gasteiger partial charge in [-0.3, -0.25) is 4.63 Å². The molecule has 0 aliphatic carbocycles. The lowest BCUT2D eigenvalue weighted by Gasteiger charge is -1.98. The van der Waals surface area contributed by atoms with Crippen molar-refractivity contribution in [1.29, 1.82) is 0 Å². The summed E-state index contributed by atoms with van der Waals surface area (Å²) in [5.74, 6) is 0.666. The van der Waals surface area contributed by atoms with E-state index >= 15 is 0 Å². The van der Waals surface area contributed by atoms with Crippen LogP contribution >= 0.6 is 0 Å². The fraction of sp³-hybridized carbons (Fsp3) is 0.250. The second-order valence-electron chi connectivity index (χ2n) is 2.74. The molecule has 1 heterocycles. The molecule has 68 valence electrons. The van der Waals surface area contributed by atoms with Gasteiger partial charge in [0.1, 0.15) is 5.75 Å². The van der Waals surface area contributed by atoms with Gasteiger partial charge >= 0.3 is 0 Å². The van der Waals surface area contributed by atoms with Crippen molar-refractivity contribution in [3.8, 4) is 5.75 Å². The van der Waals surface area contributed by atoms with E-state index in [9.17, 15) is 5.21 Å². The Hall–Kier alpha value is -1.78. The van der Waals surface area contributed by atoms with Crippen molar-refractivity contribution in [2.45, 2.75) is 6.92 Å². The molecule has 0 aliphatic rings. The van der Waals surface area contributed by atoms with Crippen molar-refractivity contribution in [3.63, 3.8) is 0 Å². The summed E-state index contributed by atoms with van der Waals surface area (Å²) in [7, 11) is 1.56. The number of ether oxygens (including phenoxy) is 1. The number of rotatable bonds is 1. The van der Waals surface area contributed by atoms with Gasteiger partial charge in [0.05, 0.1) is 7.11 Å². The van der Waals surface area contributed by atoms with Crippen molar-refractivity contribution in [2.24, 2.45) is 0 Å². The first kappa shape index (κ1) is 7.85. The highest BCUT2D eigenvalue weighted by atomic mass is 16.8. The van der Waals surface area contributed by atoms with Crippen LogP contribution in [0.4, 0.5) is 0 Å². The summed E-state index contributed by atoms with van der Waals surface area (Å²) < 4.78 is 9.47. The first-order valence-electron chi connectivity index (χ1n) is 3.76. The lowest BCUT2D eigenvalue weighted by atomic mass is 10.2. The molecule has 5 nitrogen and oxygen atoms in total. The van der Waals surface area contributed by atoms with Crippen LogP contribution in [0, 0.1) is 12.1 Å². The molecule has 2 aromatic rings. The molecule has 1 aromatic heterocycles. The topological polar surface area (TPSA) is 62.2 Å². The van der Waals surface area contributed by atoms with Gasteiger partial charge in [0.2, 0.25) is 5.52 Å². The van der Waals surface area contributed by atoms with Gasteiger partial charge in [0.25, 0.3) is 5.52 Å². The number of aryl methyl sites for hydroxylation is 1. The molecule has 0 atom stereocenters. The standard InChI is InChI=1S/C8H8N2O3/c1-5-3-6(12-2)4-7-8(5)10(11)13-9-7/h3-4H,1-2H3. The Labute approximate surface area is 74.1 Å². The van der Waals surface area contributed by atoms with Crippen LogP contribution < -0.4 is 9.64 Å². The molecule has 2 rings (SSSR count). The van der Waals surface area contributed by atoms with E-state index in [-0.39, 0.29) is 0 Å². The molecule has 0 spiro atoms. The molecule has 0 N–H and O–H groups in total. The molecule has 0 bridgehead atoms. The molecular weight excluding hydrogens is 172 g/mol. The van der Waals surface area contributed by atoms with Crippen molar-refractivity contribution >= 4 is 11.0 Å². The Bertz CT molecular complexity index is 450. The van der Waals surface area contributed by atoms with Crippen molar-refractivity contribution in [3.05, 3.63) is 22.9 Å². The lowest BCUT2D eigenvalue weighted by Crippen LogP contribution is -2.23. The van der Waals surface area contributed by atoms with Gasteiger partial charge in [-0.25, -0.2) is 0 Å². The predicted octanol–water partition coefficient (Wildman–Crippen LogP) is 0.778. The van der Waals surface area contributed by atoms with E-state index in [1.54, 1.807) is 26.2 Å². The predicted molar refractivity (Wildman–Crippen MR) is 44.3 cm³/mol. The summed E-state index contributed by atoms with van der Waals surface area (Å²) >= 11 is 0. The molecule has 0 fully saturated rings. The van der Waals surface area contributed by atoms with E-state index in [1.165, 1.54) is 0 Å². The van der Waals surface area contributed by atoms with Crippen LogP contribution in [-0.4, -0.2) is 12.3 Å². The highest BCUT2D eigenvalue weighted by molar-refractivity contribution is 5.75.